The number of nitrogens with zero attached hydrogens (tertiary/aromatic N) is 4. The third kappa shape index (κ3) is 4.82. The number of amides is 2. The van der Waals surface area contributed by atoms with Gasteiger partial charge in [-0.3, -0.25) is 14.8 Å². The van der Waals surface area contributed by atoms with Crippen molar-refractivity contribution in [2.75, 3.05) is 32.8 Å². The molecule has 0 N–H and O–H groups in total. The number of fused-ring (bicyclic) bond motifs is 2. The molecule has 5 rings (SSSR count). The van der Waals surface area contributed by atoms with E-state index < -0.39 is 0 Å². The topological polar surface area (TPSA) is 75.6 Å². The highest BCUT2D eigenvalue weighted by molar-refractivity contribution is 6.36. The second-order valence-corrected chi connectivity index (χ2v) is 9.55. The maximum atomic E-state index is 13.2. The molecule has 2 amide bonds. The van der Waals surface area contributed by atoms with Gasteiger partial charge in [-0.05, 0) is 55.5 Å². The molecule has 0 unspecified atom stereocenters. The molecule has 3 heterocycles. The number of carbonyl (C=O) groups excluding carboxylic acids is 2. The summed E-state index contributed by atoms with van der Waals surface area (Å²) in [5, 5.41) is 1.62. The molecule has 8 heteroatoms. The fraction of sp³-hybridized carbons (Fsp3) is 0.407. The van der Waals surface area contributed by atoms with E-state index in [1.54, 1.807) is 9.80 Å². The van der Waals surface area contributed by atoms with Gasteiger partial charge in [0.1, 0.15) is 0 Å². The molecule has 7 nitrogen and oxygen atoms in total. The van der Waals surface area contributed by atoms with E-state index in [1.807, 2.05) is 43.5 Å². The first-order valence-corrected chi connectivity index (χ1v) is 12.7. The Morgan fingerprint density at radius 3 is 2.66 bits per heavy atom. The molecule has 0 saturated carbocycles. The second kappa shape index (κ2) is 10.2. The smallest absolute Gasteiger partial charge is 0.409 e. The molecule has 1 aromatic carbocycles. The lowest BCUT2D eigenvalue weighted by Gasteiger charge is -2.34. The quantitative estimate of drug-likeness (QED) is 0.520. The first kappa shape index (κ1) is 23.5. The molecule has 0 spiro atoms. The molecule has 0 bridgehead atoms. The van der Waals surface area contributed by atoms with E-state index in [4.69, 9.17) is 21.3 Å². The molecule has 1 saturated heterocycles. The van der Waals surface area contributed by atoms with Crippen LogP contribution in [0.1, 0.15) is 53.0 Å². The van der Waals surface area contributed by atoms with Gasteiger partial charge in [-0.1, -0.05) is 30.7 Å². The Kier molecular flexibility index (Phi) is 6.86. The Balaban J connectivity index is 1.33. The lowest BCUT2D eigenvalue weighted by molar-refractivity contribution is 0.0560. The van der Waals surface area contributed by atoms with Crippen LogP contribution in [0.3, 0.4) is 0 Å². The minimum absolute atomic E-state index is 0.0597. The Morgan fingerprint density at radius 2 is 1.91 bits per heavy atom. The zero-order valence-corrected chi connectivity index (χ0v) is 20.6. The van der Waals surface area contributed by atoms with Crippen molar-refractivity contribution < 1.29 is 14.3 Å². The first-order valence-electron chi connectivity index (χ1n) is 12.3. The minimum Gasteiger partial charge on any atom is -0.449 e. The van der Waals surface area contributed by atoms with Gasteiger partial charge in [-0.15, -0.1) is 0 Å². The van der Waals surface area contributed by atoms with Crippen molar-refractivity contribution >= 4 is 34.5 Å². The minimum atomic E-state index is -0.308. The number of aromatic nitrogens is 2. The van der Waals surface area contributed by atoms with Crippen LogP contribution >= 0.6 is 11.6 Å². The number of pyridine rings is 2. The van der Waals surface area contributed by atoms with E-state index in [0.717, 1.165) is 58.6 Å². The molecule has 3 aromatic rings. The number of hydrogen-bond acceptors (Lipinski definition) is 5. The summed E-state index contributed by atoms with van der Waals surface area (Å²) in [5.74, 6) is 0.255. The average molecular weight is 493 g/mol. The van der Waals surface area contributed by atoms with Crippen LogP contribution in [0.5, 0.6) is 0 Å². The summed E-state index contributed by atoms with van der Waals surface area (Å²) in [6, 6.07) is 11.6. The number of halogens is 1. The van der Waals surface area contributed by atoms with Gasteiger partial charge in [-0.2, -0.15) is 0 Å². The highest BCUT2D eigenvalue weighted by atomic mass is 35.5. The number of piperazine rings is 1. The van der Waals surface area contributed by atoms with Gasteiger partial charge in [0.2, 0.25) is 0 Å². The van der Waals surface area contributed by atoms with Crippen LogP contribution in [0.15, 0.2) is 42.6 Å². The van der Waals surface area contributed by atoms with Gasteiger partial charge in [-0.25, -0.2) is 4.79 Å². The molecule has 1 atom stereocenters. The van der Waals surface area contributed by atoms with Crippen LogP contribution < -0.4 is 0 Å². The first-order chi connectivity index (χ1) is 17.0. The van der Waals surface area contributed by atoms with Gasteiger partial charge in [0.25, 0.3) is 5.91 Å². The van der Waals surface area contributed by atoms with Crippen molar-refractivity contribution in [2.24, 2.45) is 0 Å². The average Bonchev–Trinajstić information content (AvgIpc) is 2.91. The zero-order valence-electron chi connectivity index (χ0n) is 19.9. The summed E-state index contributed by atoms with van der Waals surface area (Å²) in [4.78, 5) is 38.2. The summed E-state index contributed by atoms with van der Waals surface area (Å²) >= 11 is 6.82. The maximum Gasteiger partial charge on any atom is 0.409 e. The Hall–Kier alpha value is -3.19. The van der Waals surface area contributed by atoms with E-state index in [9.17, 15) is 9.59 Å². The molecule has 2 aliphatic rings. The molecule has 1 fully saturated rings. The van der Waals surface area contributed by atoms with E-state index >= 15 is 0 Å². The number of hydrogen-bond donors (Lipinski definition) is 0. The summed E-state index contributed by atoms with van der Waals surface area (Å²) < 4.78 is 5.21. The monoisotopic (exact) mass is 492 g/mol. The summed E-state index contributed by atoms with van der Waals surface area (Å²) in [5.41, 5.74) is 4.51. The van der Waals surface area contributed by atoms with Crippen LogP contribution in [-0.2, 0) is 17.6 Å². The van der Waals surface area contributed by atoms with E-state index in [-0.39, 0.29) is 12.0 Å². The molecule has 0 radical (unpaired) electrons. The highest BCUT2D eigenvalue weighted by Gasteiger charge is 2.28. The van der Waals surface area contributed by atoms with Gasteiger partial charge in [0.05, 0.1) is 17.1 Å². The molecule has 2 aromatic heterocycles. The second-order valence-electron chi connectivity index (χ2n) is 9.17. The normalized spacial score (nSPS) is 17.8. The lowest BCUT2D eigenvalue weighted by atomic mass is 9.84. The standard InChI is InChI=1S/C27H29ClN4O3/c1-2-15-35-27(34)32-13-11-31(12-14-32)26(33)19-7-9-21-24(17-19)30-23-16-18(6-8-20(23)25(21)28)22-5-3-4-10-29-22/h3-5,7,9-10,17-18H,2,6,8,11-16H2,1H3/t18-/m0/s1. The molecule has 1 aliphatic carbocycles. The van der Waals surface area contributed by atoms with Crippen molar-refractivity contribution in [1.29, 1.82) is 0 Å². The molecular weight excluding hydrogens is 464 g/mol. The predicted molar refractivity (Wildman–Crippen MR) is 135 cm³/mol. The molecule has 35 heavy (non-hydrogen) atoms. The number of rotatable bonds is 4. The van der Waals surface area contributed by atoms with E-state index in [0.29, 0.717) is 44.3 Å². The fourth-order valence-electron chi connectivity index (χ4n) is 4.95. The van der Waals surface area contributed by atoms with Crippen LogP contribution in [0.4, 0.5) is 4.79 Å². The van der Waals surface area contributed by atoms with Crippen molar-refractivity contribution in [2.45, 2.75) is 38.5 Å². The summed E-state index contributed by atoms with van der Waals surface area (Å²) in [6.45, 7) is 4.26. The summed E-state index contributed by atoms with van der Waals surface area (Å²) in [7, 11) is 0. The van der Waals surface area contributed by atoms with Gasteiger partial charge < -0.3 is 14.5 Å². The van der Waals surface area contributed by atoms with Gasteiger partial charge in [0, 0.05) is 60.6 Å². The van der Waals surface area contributed by atoms with E-state index in [2.05, 4.69) is 11.1 Å². The third-order valence-corrected chi connectivity index (χ3v) is 7.32. The Labute approximate surface area is 210 Å². The Morgan fingerprint density at radius 1 is 1.11 bits per heavy atom. The predicted octanol–water partition coefficient (Wildman–Crippen LogP) is 4.86. The van der Waals surface area contributed by atoms with Crippen molar-refractivity contribution in [3.63, 3.8) is 0 Å². The number of carbonyl (C=O) groups is 2. The zero-order chi connectivity index (χ0) is 24.4. The van der Waals surface area contributed by atoms with Crippen LogP contribution in [0, 0.1) is 0 Å². The Bertz CT molecular complexity index is 1240. The van der Waals surface area contributed by atoms with E-state index in [1.165, 1.54) is 0 Å². The van der Waals surface area contributed by atoms with Crippen LogP contribution in [0.25, 0.3) is 10.9 Å². The van der Waals surface area contributed by atoms with Gasteiger partial charge in [0.15, 0.2) is 0 Å². The third-order valence-electron chi connectivity index (χ3n) is 6.89. The van der Waals surface area contributed by atoms with Crippen LogP contribution in [0.2, 0.25) is 5.02 Å². The fourth-order valence-corrected chi connectivity index (χ4v) is 5.31. The summed E-state index contributed by atoms with van der Waals surface area (Å²) in [6.07, 6.45) is 4.96. The highest BCUT2D eigenvalue weighted by Crippen LogP contribution is 2.37. The molecule has 1 aliphatic heterocycles. The maximum absolute atomic E-state index is 13.2. The lowest BCUT2D eigenvalue weighted by Crippen LogP contribution is -2.50. The number of ether oxygens (including phenoxy) is 1. The molecular formula is C27H29ClN4O3. The number of benzene rings is 1. The van der Waals surface area contributed by atoms with Gasteiger partial charge >= 0.3 is 6.09 Å². The van der Waals surface area contributed by atoms with Crippen LogP contribution in [-0.4, -0.2) is 64.6 Å². The van der Waals surface area contributed by atoms with Crippen molar-refractivity contribution in [3.8, 4) is 0 Å². The largest absolute Gasteiger partial charge is 0.449 e. The molecule has 182 valence electrons. The van der Waals surface area contributed by atoms with Crippen molar-refractivity contribution in [3.05, 3.63) is 70.1 Å². The van der Waals surface area contributed by atoms with Crippen molar-refractivity contribution in [1.82, 2.24) is 19.8 Å². The SMILES string of the molecule is CCCOC(=O)N1CCN(C(=O)c2ccc3c(Cl)c4c(nc3c2)C[C@@H](c2ccccn2)CC4)CC1.